The van der Waals surface area contributed by atoms with Crippen molar-refractivity contribution in [3.8, 4) is 5.75 Å². The van der Waals surface area contributed by atoms with Gasteiger partial charge in [0.15, 0.2) is 5.78 Å². The van der Waals surface area contributed by atoms with E-state index in [2.05, 4.69) is 63.0 Å². The van der Waals surface area contributed by atoms with Gasteiger partial charge in [-0.05, 0) is 67.2 Å². The van der Waals surface area contributed by atoms with Crippen LogP contribution >= 0.6 is 0 Å². The fraction of sp³-hybridized carbons (Fsp3) is 0.483. The van der Waals surface area contributed by atoms with Crippen LogP contribution < -0.4 is 10.1 Å². The van der Waals surface area contributed by atoms with Crippen LogP contribution in [-0.4, -0.2) is 19.4 Å². The van der Waals surface area contributed by atoms with Gasteiger partial charge in [0.05, 0.1) is 0 Å². The number of aryl methyl sites for hydroxylation is 2. The largest absolute Gasteiger partial charge is 0.486 e. The van der Waals surface area contributed by atoms with Gasteiger partial charge in [0.2, 0.25) is 0 Å². The summed E-state index contributed by atoms with van der Waals surface area (Å²) in [6, 6.07) is 12.7. The van der Waals surface area contributed by atoms with E-state index in [1.165, 1.54) is 30.4 Å². The summed E-state index contributed by atoms with van der Waals surface area (Å²) < 4.78 is 5.97. The monoisotopic (exact) mass is 435 g/mol. The summed E-state index contributed by atoms with van der Waals surface area (Å²) in [5.74, 6) is 0.931. The van der Waals surface area contributed by atoms with Gasteiger partial charge in [0.1, 0.15) is 12.4 Å². The van der Waals surface area contributed by atoms with Crippen molar-refractivity contribution in [1.29, 1.82) is 0 Å². The molecule has 0 saturated carbocycles. The molecule has 2 aromatic rings. The van der Waals surface area contributed by atoms with Crippen molar-refractivity contribution in [1.82, 2.24) is 0 Å². The molecule has 0 heterocycles. The number of hydrogen-bond acceptors (Lipinski definition) is 3. The quantitative estimate of drug-likeness (QED) is 0.291. The van der Waals surface area contributed by atoms with Crippen LogP contribution in [0, 0.1) is 6.92 Å². The third kappa shape index (κ3) is 8.18. The molecule has 174 valence electrons. The molecule has 1 N–H and O–H groups in total. The van der Waals surface area contributed by atoms with Crippen LogP contribution in [0.25, 0.3) is 5.57 Å². The van der Waals surface area contributed by atoms with E-state index in [0.717, 1.165) is 60.2 Å². The fourth-order valence-corrected chi connectivity index (χ4v) is 3.91. The Kier molecular flexibility index (Phi) is 11.1. The lowest BCUT2D eigenvalue weighted by atomic mass is 9.94. The van der Waals surface area contributed by atoms with Crippen LogP contribution in [0.5, 0.6) is 5.75 Å². The number of Topliss-reactive ketones (excluding diaryl/α,β-unsaturated/α-hetero) is 1. The molecule has 0 aliphatic heterocycles. The zero-order chi connectivity index (χ0) is 23.3. The number of carbonyl (C=O) groups excluding carboxylic acids is 1. The molecular formula is C29H41NO2. The molecule has 0 radical (unpaired) electrons. The van der Waals surface area contributed by atoms with Crippen molar-refractivity contribution < 1.29 is 9.53 Å². The molecule has 32 heavy (non-hydrogen) atoms. The molecule has 0 spiro atoms. The molecule has 0 bridgehead atoms. The number of hydrogen-bond donors (Lipinski definition) is 1. The highest BCUT2D eigenvalue weighted by atomic mass is 16.5. The molecule has 0 atom stereocenters. The Labute approximate surface area is 195 Å². The van der Waals surface area contributed by atoms with E-state index >= 15 is 0 Å². The standard InChI is InChI=1S/C29H41NO2/c1-6-8-10-12-13-24-18-25(23(4)28-17-22(3)15-16-29(28)30-5)20-27(19-24)32-21-26(31)14-11-9-7-2/h15-20,30H,4,6-14,21H2,1-3,5H3. The summed E-state index contributed by atoms with van der Waals surface area (Å²) in [4.78, 5) is 12.2. The summed E-state index contributed by atoms with van der Waals surface area (Å²) in [6.07, 6.45) is 9.63. The zero-order valence-corrected chi connectivity index (χ0v) is 20.6. The van der Waals surface area contributed by atoms with E-state index in [-0.39, 0.29) is 12.4 Å². The smallest absolute Gasteiger partial charge is 0.170 e. The van der Waals surface area contributed by atoms with Gasteiger partial charge in [-0.1, -0.05) is 70.2 Å². The van der Waals surface area contributed by atoms with Crippen LogP contribution in [0.1, 0.15) is 87.5 Å². The summed E-state index contributed by atoms with van der Waals surface area (Å²) in [5.41, 5.74) is 6.61. The lowest BCUT2D eigenvalue weighted by molar-refractivity contribution is -0.121. The first-order chi connectivity index (χ1) is 15.5. The number of benzene rings is 2. The van der Waals surface area contributed by atoms with Gasteiger partial charge in [-0.3, -0.25) is 4.79 Å². The SMILES string of the molecule is C=C(c1cc(CCCCCC)cc(OCC(=O)CCCCC)c1)c1cc(C)ccc1NC. The molecule has 2 aromatic carbocycles. The number of unbranched alkanes of at least 4 members (excludes halogenated alkanes) is 5. The number of nitrogens with one attached hydrogen (secondary N) is 1. The number of carbonyl (C=O) groups is 1. The van der Waals surface area contributed by atoms with Gasteiger partial charge >= 0.3 is 0 Å². The fourth-order valence-electron chi connectivity index (χ4n) is 3.91. The van der Waals surface area contributed by atoms with Gasteiger partial charge < -0.3 is 10.1 Å². The second-order valence-corrected chi connectivity index (χ2v) is 8.74. The molecule has 3 heteroatoms. The zero-order valence-electron chi connectivity index (χ0n) is 20.6. The Hall–Kier alpha value is -2.55. The molecule has 0 fully saturated rings. The minimum absolute atomic E-state index is 0.140. The van der Waals surface area contributed by atoms with Crippen molar-refractivity contribution >= 4 is 17.0 Å². The van der Waals surface area contributed by atoms with E-state index in [4.69, 9.17) is 4.74 Å². The predicted octanol–water partition coefficient (Wildman–Crippen LogP) is 7.75. The van der Waals surface area contributed by atoms with Crippen LogP contribution in [-0.2, 0) is 11.2 Å². The Morgan fingerprint density at radius 2 is 1.72 bits per heavy atom. The molecule has 3 nitrogen and oxygen atoms in total. The molecule has 0 unspecified atom stereocenters. The van der Waals surface area contributed by atoms with E-state index in [1.54, 1.807) is 0 Å². The Balaban J connectivity index is 2.24. The summed E-state index contributed by atoms with van der Waals surface area (Å²) in [7, 11) is 1.93. The maximum atomic E-state index is 12.2. The van der Waals surface area contributed by atoms with Crippen molar-refractivity contribution in [2.24, 2.45) is 0 Å². The van der Waals surface area contributed by atoms with E-state index < -0.39 is 0 Å². The van der Waals surface area contributed by atoms with Gasteiger partial charge in [-0.2, -0.15) is 0 Å². The molecule has 0 aliphatic rings. The first-order valence-corrected chi connectivity index (χ1v) is 12.2. The molecule has 0 aromatic heterocycles. The van der Waals surface area contributed by atoms with E-state index in [9.17, 15) is 4.79 Å². The van der Waals surface area contributed by atoms with Gasteiger partial charge in [-0.25, -0.2) is 0 Å². The molecular weight excluding hydrogens is 394 g/mol. The number of anilines is 1. The summed E-state index contributed by atoms with van der Waals surface area (Å²) in [5, 5.41) is 3.28. The second kappa shape index (κ2) is 13.8. The van der Waals surface area contributed by atoms with E-state index in [1.807, 2.05) is 13.1 Å². The summed E-state index contributed by atoms with van der Waals surface area (Å²) >= 11 is 0. The lowest BCUT2D eigenvalue weighted by Gasteiger charge is -2.16. The highest BCUT2D eigenvalue weighted by Gasteiger charge is 2.12. The van der Waals surface area contributed by atoms with Crippen molar-refractivity contribution in [2.75, 3.05) is 19.0 Å². The Bertz CT molecular complexity index is 885. The summed E-state index contributed by atoms with van der Waals surface area (Å²) in [6.45, 7) is 11.0. The topological polar surface area (TPSA) is 38.3 Å². The van der Waals surface area contributed by atoms with Crippen LogP contribution in [0.15, 0.2) is 43.0 Å². The minimum atomic E-state index is 0.140. The number of rotatable bonds is 15. The maximum Gasteiger partial charge on any atom is 0.170 e. The van der Waals surface area contributed by atoms with E-state index in [0.29, 0.717) is 6.42 Å². The van der Waals surface area contributed by atoms with Gasteiger partial charge in [0, 0.05) is 24.7 Å². The first kappa shape index (κ1) is 25.7. The lowest BCUT2D eigenvalue weighted by Crippen LogP contribution is -2.11. The van der Waals surface area contributed by atoms with Crippen LogP contribution in [0.2, 0.25) is 0 Å². The number of ketones is 1. The van der Waals surface area contributed by atoms with Crippen molar-refractivity contribution in [2.45, 2.75) is 78.6 Å². The second-order valence-electron chi connectivity index (χ2n) is 8.74. The molecule has 2 rings (SSSR count). The number of ether oxygens (including phenoxy) is 1. The third-order valence-corrected chi connectivity index (χ3v) is 5.86. The van der Waals surface area contributed by atoms with Crippen molar-refractivity contribution in [3.05, 3.63) is 65.2 Å². The highest BCUT2D eigenvalue weighted by molar-refractivity contribution is 5.86. The molecule has 0 amide bonds. The van der Waals surface area contributed by atoms with Crippen LogP contribution in [0.3, 0.4) is 0 Å². The Morgan fingerprint density at radius 3 is 2.44 bits per heavy atom. The average molecular weight is 436 g/mol. The third-order valence-electron chi connectivity index (χ3n) is 5.86. The Morgan fingerprint density at radius 1 is 0.969 bits per heavy atom. The van der Waals surface area contributed by atoms with Gasteiger partial charge in [0.25, 0.3) is 0 Å². The average Bonchev–Trinajstić information content (AvgIpc) is 2.80. The van der Waals surface area contributed by atoms with Crippen LogP contribution in [0.4, 0.5) is 5.69 Å². The minimum Gasteiger partial charge on any atom is -0.486 e. The molecule has 0 aliphatic carbocycles. The first-order valence-electron chi connectivity index (χ1n) is 12.2. The highest BCUT2D eigenvalue weighted by Crippen LogP contribution is 2.32. The maximum absolute atomic E-state index is 12.2. The molecule has 0 saturated heterocycles. The predicted molar refractivity (Wildman–Crippen MR) is 138 cm³/mol. The normalized spacial score (nSPS) is 10.8. The van der Waals surface area contributed by atoms with Gasteiger partial charge in [-0.15, -0.1) is 0 Å². The van der Waals surface area contributed by atoms with Crippen molar-refractivity contribution in [3.63, 3.8) is 0 Å².